The molecule has 0 aliphatic carbocycles. The fourth-order valence-electron chi connectivity index (χ4n) is 3.82. The molecule has 3 rings (SSSR count). The number of rotatable bonds is 11. The molecule has 0 N–H and O–H groups in total. The highest BCUT2D eigenvalue weighted by atomic mass is 16.6. The van der Waals surface area contributed by atoms with Crippen LogP contribution in [0.1, 0.15) is 78.2 Å². The van der Waals surface area contributed by atoms with E-state index in [1.54, 1.807) is 45.0 Å². The molecule has 0 amide bonds. The molecule has 0 aliphatic rings. The van der Waals surface area contributed by atoms with E-state index >= 15 is 0 Å². The van der Waals surface area contributed by atoms with Crippen LogP contribution in [0.4, 0.5) is 0 Å². The van der Waals surface area contributed by atoms with Crippen LogP contribution < -0.4 is 14.2 Å². The number of hydrogen-bond acceptors (Lipinski definition) is 7. The first-order valence-electron chi connectivity index (χ1n) is 14.6. The molecule has 0 atom stereocenters. The van der Waals surface area contributed by atoms with Gasteiger partial charge >= 0.3 is 11.9 Å². The molecule has 232 valence electrons. The lowest BCUT2D eigenvalue weighted by atomic mass is 9.98. The van der Waals surface area contributed by atoms with Crippen molar-refractivity contribution in [1.82, 2.24) is 0 Å². The topological polar surface area (TPSA) is 80.3 Å². The van der Waals surface area contributed by atoms with Crippen LogP contribution in [-0.2, 0) is 20.9 Å². The summed E-state index contributed by atoms with van der Waals surface area (Å²) in [5, 5.41) is 0. The van der Waals surface area contributed by atoms with Crippen molar-refractivity contribution in [2.24, 2.45) is 10.8 Å². The number of benzene rings is 3. The first kappa shape index (κ1) is 33.5. The zero-order valence-corrected chi connectivity index (χ0v) is 27.0. The summed E-state index contributed by atoms with van der Waals surface area (Å²) in [6.45, 7) is 18.5. The molecule has 0 fully saturated rings. The first-order valence-corrected chi connectivity index (χ1v) is 14.6. The number of carbonyl (C=O) groups is 2. The monoisotopic (exact) mass is 590 g/mol. The SMILES string of the molecule is CC(C)(C)COc1cc(-c2cccc(C(=O)OCc3ccccc3)c2)cc(OCC(=O)OC(C)(C)C)c1OCC(C)(C)C. The van der Waals surface area contributed by atoms with Crippen molar-refractivity contribution in [2.45, 2.75) is 74.5 Å². The number of hydrogen-bond donors (Lipinski definition) is 0. The highest BCUT2D eigenvalue weighted by Crippen LogP contribution is 2.43. The van der Waals surface area contributed by atoms with Gasteiger partial charge in [0.15, 0.2) is 18.1 Å². The van der Waals surface area contributed by atoms with Gasteiger partial charge < -0.3 is 23.7 Å². The van der Waals surface area contributed by atoms with Crippen LogP contribution in [0.3, 0.4) is 0 Å². The summed E-state index contributed by atoms with van der Waals surface area (Å²) in [5.74, 6) is 0.299. The Morgan fingerprint density at radius 2 is 1.26 bits per heavy atom. The summed E-state index contributed by atoms with van der Waals surface area (Å²) in [5.41, 5.74) is 1.88. The van der Waals surface area contributed by atoms with Crippen molar-refractivity contribution in [2.75, 3.05) is 19.8 Å². The maximum absolute atomic E-state index is 12.9. The lowest BCUT2D eigenvalue weighted by molar-refractivity contribution is -0.157. The van der Waals surface area contributed by atoms with E-state index in [0.29, 0.717) is 36.0 Å². The lowest BCUT2D eigenvalue weighted by Gasteiger charge is -2.25. The van der Waals surface area contributed by atoms with Gasteiger partial charge in [-0.3, -0.25) is 0 Å². The Kier molecular flexibility index (Phi) is 10.9. The zero-order chi connectivity index (χ0) is 31.8. The second-order valence-corrected chi connectivity index (χ2v) is 14.0. The Labute approximate surface area is 256 Å². The minimum atomic E-state index is -0.648. The largest absolute Gasteiger partial charge is 0.489 e. The van der Waals surface area contributed by atoms with E-state index in [9.17, 15) is 9.59 Å². The smallest absolute Gasteiger partial charge is 0.344 e. The highest BCUT2D eigenvalue weighted by Gasteiger charge is 2.24. The summed E-state index contributed by atoms with van der Waals surface area (Å²) in [4.78, 5) is 25.5. The minimum Gasteiger partial charge on any atom is -0.489 e. The van der Waals surface area contributed by atoms with E-state index in [-0.39, 0.29) is 24.0 Å². The molecular weight excluding hydrogens is 544 g/mol. The standard InChI is InChI=1S/C36H46O7/c1-34(2,3)23-41-30-20-28(26-16-13-17-27(18-26)33(38)40-21-25-14-11-10-12-15-25)19-29(32(30)42-24-35(4,5)6)39-22-31(37)43-36(7,8)9/h10-20H,21-24H2,1-9H3. The summed E-state index contributed by atoms with van der Waals surface area (Å²) in [6, 6.07) is 20.4. The first-order chi connectivity index (χ1) is 20.0. The van der Waals surface area contributed by atoms with E-state index in [0.717, 1.165) is 16.7 Å². The third-order valence-electron chi connectivity index (χ3n) is 5.74. The lowest BCUT2D eigenvalue weighted by Crippen LogP contribution is -2.27. The molecule has 0 aromatic heterocycles. The Bertz CT molecular complexity index is 1370. The average molecular weight is 591 g/mol. The predicted molar refractivity (Wildman–Crippen MR) is 169 cm³/mol. The molecule has 3 aromatic carbocycles. The molecule has 0 bridgehead atoms. The van der Waals surface area contributed by atoms with Crippen LogP contribution in [0.2, 0.25) is 0 Å². The van der Waals surface area contributed by atoms with E-state index in [4.69, 9.17) is 23.7 Å². The molecule has 43 heavy (non-hydrogen) atoms. The van der Waals surface area contributed by atoms with Crippen LogP contribution in [0.5, 0.6) is 17.2 Å². The molecule has 0 heterocycles. The fraction of sp³-hybridized carbons (Fsp3) is 0.444. The molecule has 7 heteroatoms. The molecule has 0 saturated carbocycles. The van der Waals surface area contributed by atoms with Crippen molar-refractivity contribution in [1.29, 1.82) is 0 Å². The normalized spacial score (nSPS) is 11.9. The van der Waals surface area contributed by atoms with E-state index in [1.807, 2.05) is 42.5 Å². The van der Waals surface area contributed by atoms with Crippen LogP contribution in [0, 0.1) is 10.8 Å². The molecule has 3 aromatic rings. The van der Waals surface area contributed by atoms with Gasteiger partial charge in [-0.1, -0.05) is 84.0 Å². The van der Waals surface area contributed by atoms with E-state index < -0.39 is 17.5 Å². The summed E-state index contributed by atoms with van der Waals surface area (Å²) >= 11 is 0. The molecule has 0 spiro atoms. The van der Waals surface area contributed by atoms with Gasteiger partial charge in [-0.25, -0.2) is 9.59 Å². The van der Waals surface area contributed by atoms with Crippen LogP contribution >= 0.6 is 0 Å². The fourth-order valence-corrected chi connectivity index (χ4v) is 3.82. The van der Waals surface area contributed by atoms with Crippen LogP contribution in [0.25, 0.3) is 11.1 Å². The third-order valence-corrected chi connectivity index (χ3v) is 5.74. The van der Waals surface area contributed by atoms with Gasteiger partial charge in [0.1, 0.15) is 12.2 Å². The number of ether oxygens (including phenoxy) is 5. The maximum atomic E-state index is 12.9. The van der Waals surface area contributed by atoms with Gasteiger partial charge in [-0.2, -0.15) is 0 Å². The number of carbonyl (C=O) groups excluding carboxylic acids is 2. The van der Waals surface area contributed by atoms with Crippen LogP contribution in [-0.4, -0.2) is 37.4 Å². The van der Waals surface area contributed by atoms with E-state index in [1.165, 1.54) is 0 Å². The number of esters is 2. The van der Waals surface area contributed by atoms with Crippen molar-refractivity contribution in [3.8, 4) is 28.4 Å². The zero-order valence-electron chi connectivity index (χ0n) is 27.0. The Balaban J connectivity index is 2.00. The Morgan fingerprint density at radius 3 is 1.86 bits per heavy atom. The van der Waals surface area contributed by atoms with E-state index in [2.05, 4.69) is 41.5 Å². The van der Waals surface area contributed by atoms with Crippen molar-refractivity contribution >= 4 is 11.9 Å². The van der Waals surface area contributed by atoms with Gasteiger partial charge in [0, 0.05) is 0 Å². The van der Waals surface area contributed by atoms with Crippen molar-refractivity contribution in [3.05, 3.63) is 77.9 Å². The highest BCUT2D eigenvalue weighted by molar-refractivity contribution is 5.91. The van der Waals surface area contributed by atoms with Gasteiger partial charge in [0.2, 0.25) is 5.75 Å². The molecule has 0 saturated heterocycles. The second kappa shape index (κ2) is 14.0. The van der Waals surface area contributed by atoms with Gasteiger partial charge in [0.25, 0.3) is 0 Å². The van der Waals surface area contributed by atoms with Crippen molar-refractivity contribution in [3.63, 3.8) is 0 Å². The average Bonchev–Trinajstić information content (AvgIpc) is 2.91. The molecular formula is C36H46O7. The third kappa shape index (κ3) is 11.7. The van der Waals surface area contributed by atoms with Gasteiger partial charge in [-0.15, -0.1) is 0 Å². The molecule has 0 unspecified atom stereocenters. The summed E-state index contributed by atoms with van der Waals surface area (Å²) in [6.07, 6.45) is 0. The van der Waals surface area contributed by atoms with Gasteiger partial charge in [-0.05, 0) is 72.6 Å². The molecule has 7 nitrogen and oxygen atoms in total. The summed E-state index contributed by atoms with van der Waals surface area (Å²) < 4.78 is 29.6. The Morgan fingerprint density at radius 1 is 0.651 bits per heavy atom. The summed E-state index contributed by atoms with van der Waals surface area (Å²) in [7, 11) is 0. The quantitative estimate of drug-likeness (QED) is 0.208. The maximum Gasteiger partial charge on any atom is 0.344 e. The van der Waals surface area contributed by atoms with Gasteiger partial charge in [0.05, 0.1) is 18.8 Å². The van der Waals surface area contributed by atoms with Crippen molar-refractivity contribution < 1.29 is 33.3 Å². The predicted octanol–water partition coefficient (Wildman–Crippen LogP) is 8.28. The molecule has 0 radical (unpaired) electrons. The van der Waals surface area contributed by atoms with Crippen LogP contribution in [0.15, 0.2) is 66.7 Å². The minimum absolute atomic E-state index is 0.128. The second-order valence-electron chi connectivity index (χ2n) is 14.0. The molecule has 0 aliphatic heterocycles. The Hall–Kier alpha value is -4.00.